The first-order valence-electron chi connectivity index (χ1n) is 0.400. The van der Waals surface area contributed by atoms with Gasteiger partial charge in [-0.3, -0.25) is 0 Å². The van der Waals surface area contributed by atoms with Crippen LogP contribution in [0.25, 0.3) is 0 Å². The number of hydrogen-bond acceptors (Lipinski definition) is 1. The van der Waals surface area contributed by atoms with Crippen molar-refractivity contribution in [2.45, 2.75) is 0 Å². The minimum atomic E-state index is 0. The van der Waals surface area contributed by atoms with Gasteiger partial charge in [-0.2, -0.15) is 0 Å². The molecule has 0 aromatic heterocycles. The van der Waals surface area contributed by atoms with Crippen LogP contribution in [-0.4, -0.2) is 0 Å². The van der Waals surface area contributed by atoms with E-state index < -0.39 is 0 Å². The van der Waals surface area contributed by atoms with Crippen molar-refractivity contribution in [1.82, 2.24) is 0 Å². The Morgan fingerprint density at radius 3 is 1.75 bits per heavy atom. The second-order valence-corrected chi connectivity index (χ2v) is 0.326. The molecule has 0 aromatic carbocycles. The maximum absolute atomic E-state index is 7.21. The molecular formula is CFeNPd. The molecule has 27 valence electrons. The van der Waals surface area contributed by atoms with Crippen LogP contribution in [0.4, 0.5) is 0 Å². The minimum absolute atomic E-state index is 0. The van der Waals surface area contributed by atoms with Crippen LogP contribution in [0.3, 0.4) is 0 Å². The van der Waals surface area contributed by atoms with E-state index in [0.717, 1.165) is 0 Å². The van der Waals surface area contributed by atoms with Gasteiger partial charge < -0.3 is 0 Å². The molecule has 0 aliphatic carbocycles. The minimum Gasteiger partial charge on any atom is 0 e. The van der Waals surface area contributed by atoms with Gasteiger partial charge in [0.05, 0.1) is 0 Å². The predicted octanol–water partition coefficient (Wildman–Crippen LogP) is 0.0118. The van der Waals surface area contributed by atoms with Crippen molar-refractivity contribution in [2.75, 3.05) is 0 Å². The Morgan fingerprint density at radius 1 is 1.75 bits per heavy atom. The second kappa shape index (κ2) is 9.38. The molecule has 0 aliphatic heterocycles. The van der Waals surface area contributed by atoms with Crippen LogP contribution in [0.15, 0.2) is 0 Å². The molecule has 0 saturated heterocycles. The molecule has 0 rings (SSSR count). The van der Waals surface area contributed by atoms with E-state index >= 15 is 0 Å². The van der Waals surface area contributed by atoms with Crippen molar-refractivity contribution in [3.05, 3.63) is 0 Å². The molecule has 0 spiro atoms. The average Bonchev–Trinajstić information content (AvgIpc) is 0.918. The SMILES string of the molecule is N#[C][Fe].[Pd]. The molecule has 0 saturated carbocycles. The molecular weight excluding hydrogens is 188 g/mol. The summed E-state index contributed by atoms with van der Waals surface area (Å²) in [6, 6.07) is 0. The molecule has 0 fully saturated rings. The van der Waals surface area contributed by atoms with E-state index in [4.69, 9.17) is 5.26 Å². The first-order valence-corrected chi connectivity index (χ1v) is 0.952. The Hall–Kier alpha value is 0.672. The maximum atomic E-state index is 7.21. The molecule has 0 unspecified atom stereocenters. The Balaban J connectivity index is 0. The van der Waals surface area contributed by atoms with Crippen molar-refractivity contribution < 1.29 is 36.4 Å². The first kappa shape index (κ1) is 8.82. The molecule has 0 aliphatic rings. The van der Waals surface area contributed by atoms with Crippen molar-refractivity contribution in [2.24, 2.45) is 0 Å². The number of rotatable bonds is 0. The molecule has 0 N–H and O–H groups in total. The molecule has 0 atom stereocenters. The zero-order valence-corrected chi connectivity index (χ0v) is 4.28. The Labute approximate surface area is 46.8 Å². The van der Waals surface area contributed by atoms with Crippen LogP contribution in [0, 0.1) is 10.2 Å². The molecule has 0 amide bonds. The molecule has 4 heavy (non-hydrogen) atoms. The van der Waals surface area contributed by atoms with E-state index in [-0.39, 0.29) is 20.4 Å². The van der Waals surface area contributed by atoms with Gasteiger partial charge in [-0.25, -0.2) is 0 Å². The average molecular weight is 188 g/mol. The van der Waals surface area contributed by atoms with Gasteiger partial charge >= 0.3 is 26.2 Å². The van der Waals surface area contributed by atoms with E-state index in [2.05, 4.69) is 16.0 Å². The number of hydrogen-bond donors (Lipinski definition) is 0. The summed E-state index contributed by atoms with van der Waals surface area (Å²) < 4.78 is 0. The third-order valence-corrected chi connectivity index (χ3v) is 0. The van der Waals surface area contributed by atoms with Gasteiger partial charge in [0.2, 0.25) is 0 Å². The summed E-state index contributed by atoms with van der Waals surface area (Å²) in [6.45, 7) is 0. The van der Waals surface area contributed by atoms with Crippen molar-refractivity contribution in [1.29, 1.82) is 5.26 Å². The zero-order chi connectivity index (χ0) is 2.71. The Morgan fingerprint density at radius 2 is 1.75 bits per heavy atom. The molecule has 0 heterocycles. The number of nitrogens with zero attached hydrogens (tertiary/aromatic N) is 1. The van der Waals surface area contributed by atoms with Crippen LogP contribution in [-0.2, 0) is 36.4 Å². The monoisotopic (exact) mass is 188 g/mol. The van der Waals surface area contributed by atoms with Crippen molar-refractivity contribution in [3.8, 4) is 4.97 Å². The number of nitriles is 1. The van der Waals surface area contributed by atoms with Crippen molar-refractivity contribution in [3.63, 3.8) is 0 Å². The summed E-state index contributed by atoms with van der Waals surface area (Å²) >= 11 is 2.79. The van der Waals surface area contributed by atoms with Crippen molar-refractivity contribution >= 4 is 0 Å². The fraction of sp³-hybridized carbons (Fsp3) is 0. The fourth-order valence-electron chi connectivity index (χ4n) is 0. The van der Waals surface area contributed by atoms with Crippen LogP contribution in [0.1, 0.15) is 0 Å². The van der Waals surface area contributed by atoms with Crippen LogP contribution in [0.5, 0.6) is 0 Å². The summed E-state index contributed by atoms with van der Waals surface area (Å²) in [5.74, 6) is 0. The van der Waals surface area contributed by atoms with Gasteiger partial charge in [-0.15, -0.1) is 0 Å². The smallest absolute Gasteiger partial charge is 0 e. The van der Waals surface area contributed by atoms with Gasteiger partial charge in [0, 0.05) is 20.4 Å². The van der Waals surface area contributed by atoms with E-state index in [1.165, 1.54) is 4.97 Å². The first-order chi connectivity index (χ1) is 1.41. The molecule has 1 nitrogen and oxygen atoms in total. The second-order valence-electron chi connectivity index (χ2n) is 0.0791. The van der Waals surface area contributed by atoms with Gasteiger partial charge in [0.1, 0.15) is 0 Å². The van der Waals surface area contributed by atoms with Gasteiger partial charge in [-0.05, 0) is 0 Å². The summed E-state index contributed by atoms with van der Waals surface area (Å²) in [4.78, 5) is 1.50. The Kier molecular flexibility index (Phi) is 20.7. The summed E-state index contributed by atoms with van der Waals surface area (Å²) in [6.07, 6.45) is 0. The molecule has 3 heteroatoms. The predicted molar refractivity (Wildman–Crippen MR) is 5.61 cm³/mol. The van der Waals surface area contributed by atoms with E-state index in [1.807, 2.05) is 0 Å². The maximum Gasteiger partial charge on any atom is 0 e. The van der Waals surface area contributed by atoms with Gasteiger partial charge in [0.15, 0.2) is 0 Å². The fourth-order valence-corrected chi connectivity index (χ4v) is 0. The van der Waals surface area contributed by atoms with Crippen LogP contribution >= 0.6 is 0 Å². The zero-order valence-electron chi connectivity index (χ0n) is 1.62. The Bertz CT molecular complexity index is 29.5. The largest absolute Gasteiger partial charge is 0 e. The van der Waals surface area contributed by atoms with Gasteiger partial charge in [0.25, 0.3) is 0 Å². The van der Waals surface area contributed by atoms with Crippen LogP contribution in [0.2, 0.25) is 0 Å². The van der Waals surface area contributed by atoms with E-state index in [9.17, 15) is 0 Å². The summed E-state index contributed by atoms with van der Waals surface area (Å²) in [5.41, 5.74) is 0. The van der Waals surface area contributed by atoms with E-state index in [1.54, 1.807) is 0 Å². The third kappa shape index (κ3) is 16.5. The molecule has 0 radical (unpaired) electrons. The summed E-state index contributed by atoms with van der Waals surface area (Å²) in [7, 11) is 0. The topological polar surface area (TPSA) is 23.8 Å². The quantitative estimate of drug-likeness (QED) is 0.491. The standard InChI is InChI=1S/CN.Fe.Pd/c1-2;;. The van der Waals surface area contributed by atoms with Gasteiger partial charge in [-0.1, -0.05) is 0 Å². The normalized spacial score (nSPS) is 2.00. The molecule has 0 bridgehead atoms. The van der Waals surface area contributed by atoms with Crippen LogP contribution < -0.4 is 0 Å². The third-order valence-electron chi connectivity index (χ3n) is 0. The van der Waals surface area contributed by atoms with E-state index in [0.29, 0.717) is 0 Å². The molecule has 0 aromatic rings. The summed E-state index contributed by atoms with van der Waals surface area (Å²) in [5, 5.41) is 7.21.